The first-order valence-corrected chi connectivity index (χ1v) is 13.5. The first-order chi connectivity index (χ1) is 18.5. The number of hydrogen-bond acceptors (Lipinski definition) is 0. The Labute approximate surface area is 222 Å². The maximum absolute atomic E-state index is 2.44. The smallest absolute Gasteiger partial charge is 0.00205 e. The van der Waals surface area contributed by atoms with Crippen LogP contribution in [0.3, 0.4) is 0 Å². The molecule has 0 aliphatic rings. The number of hydrogen-bond donors (Lipinski definition) is 0. The molecule has 0 aromatic heterocycles. The van der Waals surface area contributed by atoms with Crippen LogP contribution in [0.2, 0.25) is 0 Å². The zero-order valence-electron chi connectivity index (χ0n) is 22.0. The highest BCUT2D eigenvalue weighted by atomic mass is 14.2. The van der Waals surface area contributed by atoms with Crippen LogP contribution in [0.25, 0.3) is 75.8 Å². The summed E-state index contributed by atoms with van der Waals surface area (Å²) in [5.41, 5.74) is 4.10. The highest BCUT2D eigenvalue weighted by molar-refractivity contribution is 6.28. The largest absolute Gasteiger partial charge is 0.0616 e. The van der Waals surface area contributed by atoms with Crippen molar-refractivity contribution >= 4 is 64.6 Å². The molecule has 0 aliphatic carbocycles. The van der Waals surface area contributed by atoms with E-state index in [2.05, 4.69) is 136 Å². The van der Waals surface area contributed by atoms with Gasteiger partial charge in [-0.15, -0.1) is 0 Å². The first kappa shape index (κ1) is 21.6. The molecule has 0 fully saturated rings. The molecule has 0 saturated heterocycles. The molecule has 0 atom stereocenters. The predicted octanol–water partition coefficient (Wildman–Crippen LogP) is 11.0. The van der Waals surface area contributed by atoms with Crippen molar-refractivity contribution in [2.75, 3.05) is 0 Å². The Kier molecular flexibility index (Phi) is 4.30. The molecule has 0 heterocycles. The van der Waals surface area contributed by atoms with E-state index in [9.17, 15) is 0 Å². The second kappa shape index (κ2) is 7.55. The van der Waals surface area contributed by atoms with E-state index in [0.29, 0.717) is 0 Å². The zero-order valence-corrected chi connectivity index (χ0v) is 22.0. The van der Waals surface area contributed by atoms with Crippen LogP contribution >= 0.6 is 0 Å². The van der Waals surface area contributed by atoms with Gasteiger partial charge in [-0.25, -0.2) is 0 Å². The summed E-state index contributed by atoms with van der Waals surface area (Å²) in [6, 6.07) is 43.3. The normalized spacial score (nSPS) is 12.6. The summed E-state index contributed by atoms with van der Waals surface area (Å²) in [4.78, 5) is 0. The van der Waals surface area contributed by atoms with Crippen molar-refractivity contribution in [3.8, 4) is 11.1 Å². The molecule has 0 aliphatic heterocycles. The van der Waals surface area contributed by atoms with Gasteiger partial charge in [0.2, 0.25) is 0 Å². The van der Waals surface area contributed by atoms with Gasteiger partial charge in [0.05, 0.1) is 0 Å². The zero-order chi connectivity index (χ0) is 25.6. The fourth-order valence-electron chi connectivity index (χ4n) is 6.77. The molecule has 0 spiro atoms. The molecule has 38 heavy (non-hydrogen) atoms. The van der Waals surface area contributed by atoms with E-state index in [1.165, 1.54) is 81.3 Å². The van der Waals surface area contributed by atoms with E-state index < -0.39 is 0 Å². The van der Waals surface area contributed by atoms with E-state index >= 15 is 0 Å². The van der Waals surface area contributed by atoms with Crippen molar-refractivity contribution < 1.29 is 0 Å². The summed E-state index contributed by atoms with van der Waals surface area (Å²) in [6.45, 7) is 6.95. The van der Waals surface area contributed by atoms with Crippen LogP contribution in [-0.2, 0) is 5.41 Å². The molecule has 180 valence electrons. The number of benzene rings is 8. The SMILES string of the molecule is CC(C)(C)c1ccc2ccc3c(-c4cc5c6ccccc6ccc5c5ccccc45)ccc4ccc1c2c43. The van der Waals surface area contributed by atoms with Crippen LogP contribution < -0.4 is 0 Å². The lowest BCUT2D eigenvalue weighted by molar-refractivity contribution is 0.596. The summed E-state index contributed by atoms with van der Waals surface area (Å²) >= 11 is 0. The minimum Gasteiger partial charge on any atom is -0.0616 e. The van der Waals surface area contributed by atoms with Gasteiger partial charge in [0.25, 0.3) is 0 Å². The van der Waals surface area contributed by atoms with Gasteiger partial charge in [-0.05, 0) is 92.8 Å². The maximum Gasteiger partial charge on any atom is -0.00205 e. The molecule has 0 bridgehead atoms. The summed E-state index contributed by atoms with van der Waals surface area (Å²) in [7, 11) is 0. The summed E-state index contributed by atoms with van der Waals surface area (Å²) < 4.78 is 0. The molecular weight excluding hydrogens is 456 g/mol. The van der Waals surface area contributed by atoms with Gasteiger partial charge in [-0.3, -0.25) is 0 Å². The number of rotatable bonds is 1. The van der Waals surface area contributed by atoms with Crippen LogP contribution in [0.1, 0.15) is 26.3 Å². The Balaban J connectivity index is 1.55. The molecule has 8 aromatic rings. The van der Waals surface area contributed by atoms with Gasteiger partial charge in [0.1, 0.15) is 0 Å². The fourth-order valence-corrected chi connectivity index (χ4v) is 6.77. The van der Waals surface area contributed by atoms with E-state index in [1.807, 2.05) is 0 Å². The Morgan fingerprint density at radius 2 is 0.921 bits per heavy atom. The van der Waals surface area contributed by atoms with Crippen molar-refractivity contribution in [1.82, 2.24) is 0 Å². The third-order valence-corrected chi connectivity index (χ3v) is 8.53. The molecule has 0 amide bonds. The molecule has 0 nitrogen and oxygen atoms in total. The van der Waals surface area contributed by atoms with Gasteiger partial charge < -0.3 is 0 Å². The Bertz CT molecular complexity index is 2210. The van der Waals surface area contributed by atoms with Gasteiger partial charge in [-0.1, -0.05) is 130 Å². The monoisotopic (exact) mass is 484 g/mol. The van der Waals surface area contributed by atoms with E-state index in [4.69, 9.17) is 0 Å². The van der Waals surface area contributed by atoms with Gasteiger partial charge >= 0.3 is 0 Å². The standard InChI is InChI=1S/C38H28/c1-38(2,3)35-21-16-25-14-19-31-30(18-13-24-15-20-32(35)37(25)36(24)31)34-22-33-26-9-5-4-8-23(26)12-17-29(33)27-10-6-7-11-28(27)34/h4-22H,1-3H3. The lowest BCUT2D eigenvalue weighted by atomic mass is 9.80. The number of fused-ring (bicyclic) bond motifs is 5. The van der Waals surface area contributed by atoms with Crippen LogP contribution in [0, 0.1) is 0 Å². The minimum atomic E-state index is 0.0841. The van der Waals surface area contributed by atoms with Crippen LogP contribution in [0.4, 0.5) is 0 Å². The Morgan fingerprint density at radius 1 is 0.368 bits per heavy atom. The van der Waals surface area contributed by atoms with Gasteiger partial charge in [-0.2, -0.15) is 0 Å². The van der Waals surface area contributed by atoms with E-state index in [-0.39, 0.29) is 5.41 Å². The van der Waals surface area contributed by atoms with Crippen molar-refractivity contribution in [1.29, 1.82) is 0 Å². The van der Waals surface area contributed by atoms with Crippen molar-refractivity contribution in [3.63, 3.8) is 0 Å². The minimum absolute atomic E-state index is 0.0841. The van der Waals surface area contributed by atoms with Crippen molar-refractivity contribution in [2.24, 2.45) is 0 Å². The third kappa shape index (κ3) is 2.92. The predicted molar refractivity (Wildman–Crippen MR) is 167 cm³/mol. The molecule has 8 aromatic carbocycles. The topological polar surface area (TPSA) is 0 Å². The summed E-state index contributed by atoms with van der Waals surface area (Å²) in [5, 5.41) is 15.9. The highest BCUT2D eigenvalue weighted by Crippen LogP contribution is 2.45. The lowest BCUT2D eigenvalue weighted by Gasteiger charge is -2.24. The molecule has 0 heteroatoms. The Morgan fingerprint density at radius 3 is 1.71 bits per heavy atom. The van der Waals surface area contributed by atoms with Crippen molar-refractivity contribution in [3.05, 3.63) is 121 Å². The first-order valence-electron chi connectivity index (χ1n) is 13.5. The summed E-state index contributed by atoms with van der Waals surface area (Å²) in [6.07, 6.45) is 0. The summed E-state index contributed by atoms with van der Waals surface area (Å²) in [5.74, 6) is 0. The van der Waals surface area contributed by atoms with Crippen molar-refractivity contribution in [2.45, 2.75) is 26.2 Å². The molecule has 0 unspecified atom stereocenters. The molecule has 0 N–H and O–H groups in total. The van der Waals surface area contributed by atoms with E-state index in [1.54, 1.807) is 0 Å². The average Bonchev–Trinajstić information content (AvgIpc) is 2.94. The molecule has 0 saturated carbocycles. The van der Waals surface area contributed by atoms with Gasteiger partial charge in [0, 0.05) is 0 Å². The highest BCUT2D eigenvalue weighted by Gasteiger charge is 2.21. The maximum atomic E-state index is 2.44. The van der Waals surface area contributed by atoms with Crippen LogP contribution in [0.15, 0.2) is 115 Å². The second-order valence-corrected chi connectivity index (χ2v) is 11.8. The van der Waals surface area contributed by atoms with Gasteiger partial charge in [0.15, 0.2) is 0 Å². The second-order valence-electron chi connectivity index (χ2n) is 11.8. The Hall–Kier alpha value is -4.42. The lowest BCUT2D eigenvalue weighted by Crippen LogP contribution is -2.11. The van der Waals surface area contributed by atoms with Crippen LogP contribution in [0.5, 0.6) is 0 Å². The molecule has 0 radical (unpaired) electrons. The average molecular weight is 485 g/mol. The molecular formula is C38H28. The quantitative estimate of drug-likeness (QED) is 0.203. The fraction of sp³-hybridized carbons (Fsp3) is 0.105. The third-order valence-electron chi connectivity index (χ3n) is 8.53. The van der Waals surface area contributed by atoms with Crippen LogP contribution in [-0.4, -0.2) is 0 Å². The molecule has 8 rings (SSSR count). The van der Waals surface area contributed by atoms with E-state index in [0.717, 1.165) is 0 Å².